The lowest BCUT2D eigenvalue weighted by Crippen LogP contribution is -2.41. The summed E-state index contributed by atoms with van der Waals surface area (Å²) < 4.78 is 1.51. The van der Waals surface area contributed by atoms with Crippen molar-refractivity contribution in [2.45, 2.75) is 38.3 Å². The van der Waals surface area contributed by atoms with Gasteiger partial charge in [-0.1, -0.05) is 17.6 Å². The summed E-state index contributed by atoms with van der Waals surface area (Å²) in [4.78, 5) is 15.1. The number of hydrogen-bond acceptors (Lipinski definition) is 5. The first-order valence-electron chi connectivity index (χ1n) is 7.63. The van der Waals surface area contributed by atoms with Crippen molar-refractivity contribution >= 4 is 11.7 Å². The zero-order chi connectivity index (χ0) is 16.9. The molecule has 1 aliphatic rings. The number of aryl methyl sites for hydroxylation is 1. The summed E-state index contributed by atoms with van der Waals surface area (Å²) in [5, 5.41) is 20.5. The summed E-state index contributed by atoms with van der Waals surface area (Å²) >= 11 is 0. The Balaban J connectivity index is 1.70. The highest BCUT2D eigenvalue weighted by molar-refractivity contribution is 5.90. The lowest BCUT2D eigenvalue weighted by molar-refractivity contribution is 0.247. The highest BCUT2D eigenvalue weighted by Gasteiger charge is 2.27. The van der Waals surface area contributed by atoms with Gasteiger partial charge < -0.3 is 10.6 Å². The maximum absolute atomic E-state index is 12.3. The number of carbonyl (C=O) groups excluding carboxylic acids is 1. The summed E-state index contributed by atoms with van der Waals surface area (Å²) in [6.45, 7) is 1.90. The Labute approximate surface area is 137 Å². The van der Waals surface area contributed by atoms with Gasteiger partial charge in [-0.05, 0) is 53.4 Å². The number of tetrazole rings is 1. The third-order valence-corrected chi connectivity index (χ3v) is 4.08. The van der Waals surface area contributed by atoms with Crippen LogP contribution in [0.1, 0.15) is 24.8 Å². The van der Waals surface area contributed by atoms with Crippen LogP contribution in [-0.4, -0.2) is 38.3 Å². The Morgan fingerprint density at radius 3 is 3.08 bits per heavy atom. The molecule has 0 radical (unpaired) electrons. The standard InChI is InChI=1S/C14H17N9O/c1-9-5-6-10(23-8-16-21-22-23)7-13(9)18-14(24)17-11-3-2-4-12(11)19-20-15/h5-8,11-12H,2-4H2,1H3,(H2,17,18,24)/t11-,12+/m1/s1. The number of urea groups is 1. The molecule has 10 nitrogen and oxygen atoms in total. The molecule has 1 heterocycles. The summed E-state index contributed by atoms with van der Waals surface area (Å²) in [5.74, 6) is 0. The molecule has 24 heavy (non-hydrogen) atoms. The maximum atomic E-state index is 12.3. The molecule has 124 valence electrons. The Morgan fingerprint density at radius 2 is 2.33 bits per heavy atom. The molecular weight excluding hydrogens is 310 g/mol. The van der Waals surface area contributed by atoms with E-state index in [1.54, 1.807) is 6.07 Å². The quantitative estimate of drug-likeness (QED) is 0.506. The first-order chi connectivity index (χ1) is 11.7. The van der Waals surface area contributed by atoms with Crippen molar-refractivity contribution in [2.75, 3.05) is 5.32 Å². The van der Waals surface area contributed by atoms with Gasteiger partial charge in [-0.25, -0.2) is 9.48 Å². The smallest absolute Gasteiger partial charge is 0.319 e. The number of rotatable bonds is 4. The maximum Gasteiger partial charge on any atom is 0.319 e. The average Bonchev–Trinajstić information content (AvgIpc) is 3.22. The van der Waals surface area contributed by atoms with E-state index in [-0.39, 0.29) is 18.1 Å². The first-order valence-corrected chi connectivity index (χ1v) is 7.63. The lowest BCUT2D eigenvalue weighted by atomic mass is 10.1. The van der Waals surface area contributed by atoms with Crippen LogP contribution in [0, 0.1) is 6.92 Å². The predicted octanol–water partition coefficient (Wildman–Crippen LogP) is 2.32. The van der Waals surface area contributed by atoms with Crippen molar-refractivity contribution in [3.05, 3.63) is 40.5 Å². The zero-order valence-electron chi connectivity index (χ0n) is 13.1. The number of carbonyl (C=O) groups is 1. The lowest BCUT2D eigenvalue weighted by Gasteiger charge is -2.18. The van der Waals surface area contributed by atoms with Crippen molar-refractivity contribution < 1.29 is 4.79 Å². The molecule has 2 atom stereocenters. The largest absolute Gasteiger partial charge is 0.335 e. The molecule has 0 aliphatic heterocycles. The van der Waals surface area contributed by atoms with Gasteiger partial charge in [0.15, 0.2) is 0 Å². The molecule has 1 aromatic heterocycles. The van der Waals surface area contributed by atoms with Crippen LogP contribution in [0.5, 0.6) is 0 Å². The molecule has 3 rings (SSSR count). The fourth-order valence-corrected chi connectivity index (χ4v) is 2.81. The minimum atomic E-state index is -0.322. The number of benzene rings is 1. The molecular formula is C14H17N9O. The van der Waals surface area contributed by atoms with Gasteiger partial charge in [0, 0.05) is 16.6 Å². The van der Waals surface area contributed by atoms with Crippen LogP contribution in [-0.2, 0) is 0 Å². The molecule has 10 heteroatoms. The summed E-state index contributed by atoms with van der Waals surface area (Å²) in [5.41, 5.74) is 10.9. The fourth-order valence-electron chi connectivity index (χ4n) is 2.81. The number of nitrogens with zero attached hydrogens (tertiary/aromatic N) is 7. The molecule has 1 aliphatic carbocycles. The van der Waals surface area contributed by atoms with Gasteiger partial charge in [-0.15, -0.1) is 5.10 Å². The Morgan fingerprint density at radius 1 is 1.46 bits per heavy atom. The molecule has 1 aromatic carbocycles. The molecule has 0 unspecified atom stereocenters. The molecule has 0 bridgehead atoms. The van der Waals surface area contributed by atoms with Gasteiger partial charge in [-0.3, -0.25) is 0 Å². The van der Waals surface area contributed by atoms with Crippen LogP contribution in [0.25, 0.3) is 16.1 Å². The molecule has 1 saturated carbocycles. The van der Waals surface area contributed by atoms with Crippen molar-refractivity contribution in [2.24, 2.45) is 5.11 Å². The molecule has 1 fully saturated rings. The van der Waals surface area contributed by atoms with E-state index in [0.29, 0.717) is 5.69 Å². The second-order valence-corrected chi connectivity index (χ2v) is 5.66. The Kier molecular flexibility index (Phi) is 4.57. The second-order valence-electron chi connectivity index (χ2n) is 5.66. The van der Waals surface area contributed by atoms with E-state index in [0.717, 1.165) is 30.5 Å². The van der Waals surface area contributed by atoms with Crippen molar-refractivity contribution in [3.8, 4) is 5.69 Å². The second kappa shape index (κ2) is 6.97. The Hall–Kier alpha value is -3.13. The highest BCUT2D eigenvalue weighted by Crippen LogP contribution is 2.23. The van der Waals surface area contributed by atoms with Crippen molar-refractivity contribution in [1.29, 1.82) is 0 Å². The van der Waals surface area contributed by atoms with Gasteiger partial charge in [0.1, 0.15) is 6.33 Å². The minimum absolute atomic E-state index is 0.135. The zero-order valence-corrected chi connectivity index (χ0v) is 13.1. The Bertz CT molecular complexity index is 767. The number of azide groups is 1. The van der Waals surface area contributed by atoms with E-state index >= 15 is 0 Å². The van der Waals surface area contributed by atoms with Gasteiger partial charge >= 0.3 is 6.03 Å². The number of nitrogens with one attached hydrogen (secondary N) is 2. The summed E-state index contributed by atoms with van der Waals surface area (Å²) in [6, 6.07) is 4.90. The fraction of sp³-hybridized carbons (Fsp3) is 0.429. The van der Waals surface area contributed by atoms with Gasteiger partial charge in [0.05, 0.1) is 11.7 Å². The number of hydrogen-bond donors (Lipinski definition) is 2. The van der Waals surface area contributed by atoms with Crippen LogP contribution < -0.4 is 10.6 Å². The number of amides is 2. The third kappa shape index (κ3) is 3.44. The highest BCUT2D eigenvalue weighted by atomic mass is 16.2. The minimum Gasteiger partial charge on any atom is -0.335 e. The predicted molar refractivity (Wildman–Crippen MR) is 86.6 cm³/mol. The van der Waals surface area contributed by atoms with Gasteiger partial charge in [0.25, 0.3) is 0 Å². The molecule has 0 spiro atoms. The van der Waals surface area contributed by atoms with Gasteiger partial charge in [-0.2, -0.15) is 0 Å². The van der Waals surface area contributed by atoms with E-state index in [1.165, 1.54) is 11.0 Å². The third-order valence-electron chi connectivity index (χ3n) is 4.08. The number of anilines is 1. The average molecular weight is 327 g/mol. The van der Waals surface area contributed by atoms with E-state index in [4.69, 9.17) is 5.53 Å². The molecule has 2 N–H and O–H groups in total. The van der Waals surface area contributed by atoms with E-state index in [9.17, 15) is 4.79 Å². The topological polar surface area (TPSA) is 133 Å². The SMILES string of the molecule is Cc1ccc(-n2cnnn2)cc1NC(=O)N[C@@H]1CCC[C@@H]1N=[N+]=[N-]. The van der Waals surface area contributed by atoms with Crippen LogP contribution in [0.2, 0.25) is 0 Å². The van der Waals surface area contributed by atoms with Crippen molar-refractivity contribution in [3.63, 3.8) is 0 Å². The van der Waals surface area contributed by atoms with Crippen LogP contribution in [0.15, 0.2) is 29.6 Å². The van der Waals surface area contributed by atoms with Gasteiger partial charge in [0.2, 0.25) is 0 Å². The summed E-state index contributed by atoms with van der Waals surface area (Å²) in [6.07, 6.45) is 4.02. The first kappa shape index (κ1) is 15.8. The van der Waals surface area contributed by atoms with E-state index < -0.39 is 0 Å². The molecule has 2 amide bonds. The van der Waals surface area contributed by atoms with Crippen LogP contribution in [0.3, 0.4) is 0 Å². The van der Waals surface area contributed by atoms with Crippen LogP contribution >= 0.6 is 0 Å². The number of aromatic nitrogens is 4. The molecule has 0 saturated heterocycles. The molecule has 2 aromatic rings. The normalized spacial score (nSPS) is 19.5. The van der Waals surface area contributed by atoms with Crippen LogP contribution in [0.4, 0.5) is 10.5 Å². The van der Waals surface area contributed by atoms with Crippen molar-refractivity contribution in [1.82, 2.24) is 25.5 Å². The van der Waals surface area contributed by atoms with E-state index in [1.807, 2.05) is 19.1 Å². The van der Waals surface area contributed by atoms with E-state index in [2.05, 4.69) is 36.2 Å². The monoisotopic (exact) mass is 327 g/mol. The summed E-state index contributed by atoms with van der Waals surface area (Å²) in [7, 11) is 0.